The van der Waals surface area contributed by atoms with Crippen LogP contribution in [0.3, 0.4) is 0 Å². The van der Waals surface area contributed by atoms with Gasteiger partial charge in [-0.3, -0.25) is 4.40 Å². The number of sulfonamides is 1. The van der Waals surface area contributed by atoms with Crippen LogP contribution in [0.4, 0.5) is 0 Å². The van der Waals surface area contributed by atoms with Crippen LogP contribution in [0.25, 0.3) is 5.65 Å². The van der Waals surface area contributed by atoms with Crippen LogP contribution in [0.15, 0.2) is 29.4 Å². The van der Waals surface area contributed by atoms with Gasteiger partial charge in [-0.25, -0.2) is 18.1 Å². The molecule has 7 heteroatoms. The first-order valence-electron chi connectivity index (χ1n) is 5.60. The first-order chi connectivity index (χ1) is 8.45. The molecule has 0 aliphatic rings. The van der Waals surface area contributed by atoms with E-state index in [0.29, 0.717) is 12.1 Å². The third-order valence-electron chi connectivity index (χ3n) is 2.67. The first kappa shape index (κ1) is 13.3. The number of pyridine rings is 1. The zero-order chi connectivity index (χ0) is 13.3. The van der Waals surface area contributed by atoms with Crippen molar-refractivity contribution in [3.63, 3.8) is 0 Å². The average molecular weight is 288 g/mol. The SMILES string of the molecule is CCC(C)NS(=O)(=O)c1c(Cl)nc2ccccn12. The minimum atomic E-state index is -3.67. The summed E-state index contributed by atoms with van der Waals surface area (Å²) in [5, 5.41) is -0.0305. The molecule has 2 aromatic rings. The minimum Gasteiger partial charge on any atom is -0.288 e. The van der Waals surface area contributed by atoms with Gasteiger partial charge in [0.2, 0.25) is 0 Å². The summed E-state index contributed by atoms with van der Waals surface area (Å²) in [6, 6.07) is 5.05. The molecule has 0 aliphatic carbocycles. The van der Waals surface area contributed by atoms with Crippen LogP contribution in [-0.4, -0.2) is 23.8 Å². The number of imidazole rings is 1. The Balaban J connectivity index is 2.57. The van der Waals surface area contributed by atoms with Gasteiger partial charge in [-0.2, -0.15) is 0 Å². The van der Waals surface area contributed by atoms with Gasteiger partial charge in [-0.1, -0.05) is 24.6 Å². The first-order valence-corrected chi connectivity index (χ1v) is 7.46. The van der Waals surface area contributed by atoms with E-state index >= 15 is 0 Å². The van der Waals surface area contributed by atoms with Gasteiger partial charge in [0, 0.05) is 12.2 Å². The van der Waals surface area contributed by atoms with Crippen molar-refractivity contribution >= 4 is 27.3 Å². The predicted molar refractivity (Wildman–Crippen MR) is 70.3 cm³/mol. The van der Waals surface area contributed by atoms with E-state index in [0.717, 1.165) is 0 Å². The summed E-state index contributed by atoms with van der Waals surface area (Å²) in [7, 11) is -3.67. The standard InChI is InChI=1S/C11H14ClN3O2S/c1-3-8(2)14-18(16,17)11-10(12)13-9-6-4-5-7-15(9)11/h4-8,14H,3H2,1-2H3. The van der Waals surface area contributed by atoms with Gasteiger partial charge < -0.3 is 0 Å². The van der Waals surface area contributed by atoms with Crippen molar-refractivity contribution < 1.29 is 8.42 Å². The highest BCUT2D eigenvalue weighted by atomic mass is 35.5. The van der Waals surface area contributed by atoms with Crippen LogP contribution in [-0.2, 0) is 10.0 Å². The molecule has 5 nitrogen and oxygen atoms in total. The molecule has 2 heterocycles. The number of halogens is 1. The van der Waals surface area contributed by atoms with Crippen molar-refractivity contribution in [2.45, 2.75) is 31.3 Å². The van der Waals surface area contributed by atoms with E-state index in [-0.39, 0.29) is 16.2 Å². The van der Waals surface area contributed by atoms with Gasteiger partial charge in [0.15, 0.2) is 10.2 Å². The van der Waals surface area contributed by atoms with Crippen LogP contribution < -0.4 is 4.72 Å². The fourth-order valence-corrected chi connectivity index (χ4v) is 3.56. The maximum atomic E-state index is 12.2. The molecule has 0 saturated heterocycles. The lowest BCUT2D eigenvalue weighted by Gasteiger charge is -2.11. The zero-order valence-electron chi connectivity index (χ0n) is 10.1. The lowest BCUT2D eigenvalue weighted by atomic mass is 10.3. The van der Waals surface area contributed by atoms with E-state index in [2.05, 4.69) is 9.71 Å². The van der Waals surface area contributed by atoms with E-state index in [4.69, 9.17) is 11.6 Å². The van der Waals surface area contributed by atoms with Crippen molar-refractivity contribution in [2.24, 2.45) is 0 Å². The maximum Gasteiger partial charge on any atom is 0.259 e. The summed E-state index contributed by atoms with van der Waals surface area (Å²) in [4.78, 5) is 4.02. The molecular formula is C11H14ClN3O2S. The Morgan fingerprint density at radius 2 is 2.22 bits per heavy atom. The van der Waals surface area contributed by atoms with E-state index < -0.39 is 10.0 Å². The van der Waals surface area contributed by atoms with E-state index in [1.54, 1.807) is 31.3 Å². The molecule has 98 valence electrons. The third-order valence-corrected chi connectivity index (χ3v) is 4.66. The van der Waals surface area contributed by atoms with Gasteiger partial charge in [-0.05, 0) is 25.5 Å². The zero-order valence-corrected chi connectivity index (χ0v) is 11.7. The van der Waals surface area contributed by atoms with E-state index in [9.17, 15) is 8.42 Å². The number of rotatable bonds is 4. The summed E-state index contributed by atoms with van der Waals surface area (Å²) in [6.07, 6.45) is 2.33. The summed E-state index contributed by atoms with van der Waals surface area (Å²) in [6.45, 7) is 3.71. The third kappa shape index (κ3) is 2.36. The molecule has 1 unspecified atom stereocenters. The Kier molecular flexibility index (Phi) is 3.61. The minimum absolute atomic E-state index is 0.0138. The maximum absolute atomic E-state index is 12.2. The Morgan fingerprint density at radius 3 is 2.89 bits per heavy atom. The van der Waals surface area contributed by atoms with Crippen LogP contribution >= 0.6 is 11.6 Å². The summed E-state index contributed by atoms with van der Waals surface area (Å²) in [5.74, 6) is 0. The number of fused-ring (bicyclic) bond motifs is 1. The molecule has 1 atom stereocenters. The number of nitrogens with zero attached hydrogens (tertiary/aromatic N) is 2. The van der Waals surface area contributed by atoms with Crippen LogP contribution in [0.1, 0.15) is 20.3 Å². The topological polar surface area (TPSA) is 63.5 Å². The Hall–Kier alpha value is -1.11. The molecule has 0 bridgehead atoms. The smallest absolute Gasteiger partial charge is 0.259 e. The Bertz CT molecular complexity index is 666. The molecule has 2 aromatic heterocycles. The molecule has 1 N–H and O–H groups in total. The molecular weight excluding hydrogens is 274 g/mol. The molecule has 2 rings (SSSR count). The van der Waals surface area contributed by atoms with Gasteiger partial charge in [0.1, 0.15) is 5.65 Å². The van der Waals surface area contributed by atoms with Crippen LogP contribution in [0.5, 0.6) is 0 Å². The molecule has 18 heavy (non-hydrogen) atoms. The predicted octanol–water partition coefficient (Wildman–Crippen LogP) is 2.06. The van der Waals surface area contributed by atoms with Crippen LogP contribution in [0, 0.1) is 0 Å². The molecule has 0 aromatic carbocycles. The van der Waals surface area contributed by atoms with Crippen molar-refractivity contribution in [3.05, 3.63) is 29.5 Å². The van der Waals surface area contributed by atoms with E-state index in [1.165, 1.54) is 4.40 Å². The van der Waals surface area contributed by atoms with Gasteiger partial charge in [0.05, 0.1) is 0 Å². The quantitative estimate of drug-likeness (QED) is 0.936. The largest absolute Gasteiger partial charge is 0.288 e. The number of hydrogen-bond acceptors (Lipinski definition) is 3. The Labute approximate surface area is 111 Å². The van der Waals surface area contributed by atoms with Crippen molar-refractivity contribution in [1.82, 2.24) is 14.1 Å². The average Bonchev–Trinajstić information content (AvgIpc) is 2.64. The number of nitrogens with one attached hydrogen (secondary N) is 1. The molecule has 0 saturated carbocycles. The second kappa shape index (κ2) is 4.87. The highest BCUT2D eigenvalue weighted by Crippen LogP contribution is 2.22. The van der Waals surface area contributed by atoms with Crippen LogP contribution in [0.2, 0.25) is 5.15 Å². The number of hydrogen-bond donors (Lipinski definition) is 1. The lowest BCUT2D eigenvalue weighted by molar-refractivity contribution is 0.551. The number of aromatic nitrogens is 2. The fourth-order valence-electron chi connectivity index (χ4n) is 1.59. The van der Waals surface area contributed by atoms with Gasteiger partial charge in [-0.15, -0.1) is 0 Å². The molecule has 0 aliphatic heterocycles. The summed E-state index contributed by atoms with van der Waals surface area (Å²) >= 11 is 5.93. The summed E-state index contributed by atoms with van der Waals surface area (Å²) in [5.41, 5.74) is 0.507. The second-order valence-electron chi connectivity index (χ2n) is 4.07. The van der Waals surface area contributed by atoms with Gasteiger partial charge >= 0.3 is 0 Å². The van der Waals surface area contributed by atoms with Crippen molar-refractivity contribution in [2.75, 3.05) is 0 Å². The normalized spacial score (nSPS) is 13.9. The molecule has 0 radical (unpaired) electrons. The van der Waals surface area contributed by atoms with E-state index in [1.807, 2.05) is 6.92 Å². The highest BCUT2D eigenvalue weighted by Gasteiger charge is 2.25. The molecule has 0 spiro atoms. The van der Waals surface area contributed by atoms with Crippen molar-refractivity contribution in [1.29, 1.82) is 0 Å². The van der Waals surface area contributed by atoms with Gasteiger partial charge in [0.25, 0.3) is 10.0 Å². The highest BCUT2D eigenvalue weighted by molar-refractivity contribution is 7.89. The second-order valence-corrected chi connectivity index (χ2v) is 6.05. The monoisotopic (exact) mass is 287 g/mol. The molecule has 0 fully saturated rings. The summed E-state index contributed by atoms with van der Waals surface area (Å²) < 4.78 is 28.5. The fraction of sp³-hybridized carbons (Fsp3) is 0.364. The lowest BCUT2D eigenvalue weighted by Crippen LogP contribution is -2.32. The van der Waals surface area contributed by atoms with Crippen molar-refractivity contribution in [3.8, 4) is 0 Å². The Morgan fingerprint density at radius 1 is 1.50 bits per heavy atom. The molecule has 0 amide bonds.